The van der Waals surface area contributed by atoms with E-state index in [9.17, 15) is 4.39 Å². The van der Waals surface area contributed by atoms with Gasteiger partial charge in [0.25, 0.3) is 0 Å². The number of halogens is 2. The van der Waals surface area contributed by atoms with E-state index in [2.05, 4.69) is 10.2 Å². The average Bonchev–Trinajstić information content (AvgIpc) is 2.59. The minimum atomic E-state index is -0.406. The summed E-state index contributed by atoms with van der Waals surface area (Å²) >= 11 is 11.0. The van der Waals surface area contributed by atoms with Gasteiger partial charge in [-0.1, -0.05) is 17.7 Å². The second kappa shape index (κ2) is 4.35. The third kappa shape index (κ3) is 1.76. The Morgan fingerprint density at radius 1 is 1.56 bits per heavy atom. The van der Waals surface area contributed by atoms with Crippen LogP contribution in [-0.4, -0.2) is 14.8 Å². The van der Waals surface area contributed by atoms with Crippen molar-refractivity contribution < 1.29 is 4.39 Å². The lowest BCUT2D eigenvalue weighted by atomic mass is 10.2. The van der Waals surface area contributed by atoms with Crippen LogP contribution in [0.2, 0.25) is 5.02 Å². The minimum absolute atomic E-state index is 0.276. The maximum Gasteiger partial charge on any atom is 0.195 e. The maximum atomic E-state index is 13.7. The molecule has 0 saturated heterocycles. The summed E-state index contributed by atoms with van der Waals surface area (Å²) in [5, 5.41) is 6.95. The third-order valence-electron chi connectivity index (χ3n) is 2.26. The molecule has 0 amide bonds. The number of benzene rings is 1. The fourth-order valence-electron chi connectivity index (χ4n) is 1.51. The van der Waals surface area contributed by atoms with Gasteiger partial charge in [-0.25, -0.2) is 4.39 Å². The Labute approximate surface area is 102 Å². The Kier molecular flexibility index (Phi) is 3.07. The van der Waals surface area contributed by atoms with Gasteiger partial charge in [0.05, 0.1) is 10.6 Å². The van der Waals surface area contributed by atoms with Crippen LogP contribution in [0.25, 0.3) is 11.4 Å². The first kappa shape index (κ1) is 11.3. The largest absolute Gasteiger partial charge is 0.300 e. The standard InChI is InChI=1S/C10H9ClFN3S/c1-2-15-9(13-14-10(15)16)8-6(11)4-3-5-7(8)12/h3-5H,2H2,1H3,(H,14,16). The van der Waals surface area contributed by atoms with E-state index in [-0.39, 0.29) is 5.56 Å². The maximum absolute atomic E-state index is 13.7. The third-order valence-corrected chi connectivity index (χ3v) is 2.89. The molecule has 1 heterocycles. The summed E-state index contributed by atoms with van der Waals surface area (Å²) in [5.41, 5.74) is 0.276. The van der Waals surface area contributed by atoms with Crippen molar-refractivity contribution in [2.45, 2.75) is 13.5 Å². The highest BCUT2D eigenvalue weighted by Gasteiger charge is 2.15. The monoisotopic (exact) mass is 257 g/mol. The molecular formula is C10H9ClFN3S. The topological polar surface area (TPSA) is 33.6 Å². The van der Waals surface area contributed by atoms with Crippen molar-refractivity contribution in [3.05, 3.63) is 33.8 Å². The van der Waals surface area contributed by atoms with Gasteiger partial charge >= 0.3 is 0 Å². The van der Waals surface area contributed by atoms with E-state index in [0.717, 1.165) is 0 Å². The first-order valence-electron chi connectivity index (χ1n) is 4.74. The van der Waals surface area contributed by atoms with Crippen molar-refractivity contribution >= 4 is 23.8 Å². The van der Waals surface area contributed by atoms with Crippen LogP contribution in [0.1, 0.15) is 6.92 Å². The van der Waals surface area contributed by atoms with Crippen LogP contribution in [0.3, 0.4) is 0 Å². The van der Waals surface area contributed by atoms with Crippen LogP contribution in [0, 0.1) is 10.6 Å². The minimum Gasteiger partial charge on any atom is -0.300 e. The number of nitrogens with one attached hydrogen (secondary N) is 1. The molecule has 84 valence electrons. The zero-order valence-corrected chi connectivity index (χ0v) is 10.1. The second-order valence-electron chi connectivity index (χ2n) is 3.19. The Morgan fingerprint density at radius 3 is 2.94 bits per heavy atom. The van der Waals surface area contributed by atoms with Crippen molar-refractivity contribution in [1.29, 1.82) is 0 Å². The number of aromatic amines is 1. The second-order valence-corrected chi connectivity index (χ2v) is 3.99. The number of nitrogens with zero attached hydrogens (tertiary/aromatic N) is 2. The molecule has 0 atom stereocenters. The summed E-state index contributed by atoms with van der Waals surface area (Å²) in [4.78, 5) is 0. The predicted octanol–water partition coefficient (Wildman–Crippen LogP) is 3.42. The quantitative estimate of drug-likeness (QED) is 0.837. The van der Waals surface area contributed by atoms with Crippen molar-refractivity contribution in [3.63, 3.8) is 0 Å². The van der Waals surface area contributed by atoms with E-state index in [1.54, 1.807) is 16.7 Å². The normalized spacial score (nSPS) is 10.7. The molecule has 2 rings (SSSR count). The first-order chi connectivity index (χ1) is 7.65. The lowest BCUT2D eigenvalue weighted by Crippen LogP contribution is -1.99. The van der Waals surface area contributed by atoms with Crippen LogP contribution in [0.4, 0.5) is 4.39 Å². The van der Waals surface area contributed by atoms with E-state index in [1.807, 2.05) is 6.92 Å². The van der Waals surface area contributed by atoms with E-state index in [4.69, 9.17) is 23.8 Å². The van der Waals surface area contributed by atoms with E-state index in [0.29, 0.717) is 22.2 Å². The zero-order valence-electron chi connectivity index (χ0n) is 8.50. The van der Waals surface area contributed by atoms with Crippen molar-refractivity contribution in [1.82, 2.24) is 14.8 Å². The molecule has 0 bridgehead atoms. The molecule has 6 heteroatoms. The van der Waals surface area contributed by atoms with Gasteiger partial charge < -0.3 is 4.57 Å². The van der Waals surface area contributed by atoms with Gasteiger partial charge in [0.2, 0.25) is 0 Å². The van der Waals surface area contributed by atoms with Crippen LogP contribution in [0.15, 0.2) is 18.2 Å². The number of rotatable bonds is 2. The molecule has 2 aromatic rings. The van der Waals surface area contributed by atoms with Crippen molar-refractivity contribution in [2.75, 3.05) is 0 Å². The van der Waals surface area contributed by atoms with E-state index >= 15 is 0 Å². The zero-order chi connectivity index (χ0) is 11.7. The first-order valence-corrected chi connectivity index (χ1v) is 5.53. The van der Waals surface area contributed by atoms with Gasteiger partial charge in [0.15, 0.2) is 10.6 Å². The molecular weight excluding hydrogens is 249 g/mol. The molecule has 1 aromatic heterocycles. The number of aromatic nitrogens is 3. The molecule has 0 aliphatic carbocycles. The number of hydrogen-bond donors (Lipinski definition) is 1. The molecule has 0 aliphatic rings. The molecule has 1 N–H and O–H groups in total. The SMILES string of the molecule is CCn1c(-c2c(F)cccc2Cl)n[nH]c1=S. The van der Waals surface area contributed by atoms with Gasteiger partial charge in [-0.2, -0.15) is 5.10 Å². The molecule has 0 radical (unpaired) electrons. The molecule has 0 fully saturated rings. The van der Waals surface area contributed by atoms with Crippen molar-refractivity contribution in [2.24, 2.45) is 0 Å². The summed E-state index contributed by atoms with van der Waals surface area (Å²) < 4.78 is 15.8. The Bertz CT molecular complexity index is 555. The van der Waals surface area contributed by atoms with Crippen LogP contribution in [-0.2, 0) is 6.54 Å². The fraction of sp³-hybridized carbons (Fsp3) is 0.200. The van der Waals surface area contributed by atoms with Gasteiger partial charge in [-0.15, -0.1) is 0 Å². The molecule has 0 saturated carbocycles. The lowest BCUT2D eigenvalue weighted by Gasteiger charge is -2.06. The summed E-state index contributed by atoms with van der Waals surface area (Å²) in [6.07, 6.45) is 0. The summed E-state index contributed by atoms with van der Waals surface area (Å²) in [5.74, 6) is 0.0202. The Morgan fingerprint density at radius 2 is 2.31 bits per heavy atom. The molecule has 0 aliphatic heterocycles. The molecule has 1 aromatic carbocycles. The van der Waals surface area contributed by atoms with E-state index in [1.165, 1.54) is 6.07 Å². The summed E-state index contributed by atoms with van der Waals surface area (Å²) in [6, 6.07) is 4.52. The Balaban J connectivity index is 2.72. The lowest BCUT2D eigenvalue weighted by molar-refractivity contribution is 0.627. The van der Waals surface area contributed by atoms with Gasteiger partial charge in [0, 0.05) is 6.54 Å². The van der Waals surface area contributed by atoms with Crippen LogP contribution in [0.5, 0.6) is 0 Å². The highest BCUT2D eigenvalue weighted by Crippen LogP contribution is 2.28. The average molecular weight is 258 g/mol. The summed E-state index contributed by atoms with van der Waals surface area (Å²) in [7, 11) is 0. The molecule has 16 heavy (non-hydrogen) atoms. The predicted molar refractivity (Wildman–Crippen MR) is 63.5 cm³/mol. The molecule has 0 spiro atoms. The van der Waals surface area contributed by atoms with Gasteiger partial charge in [-0.3, -0.25) is 5.10 Å². The smallest absolute Gasteiger partial charge is 0.195 e. The summed E-state index contributed by atoms with van der Waals surface area (Å²) in [6.45, 7) is 2.51. The van der Waals surface area contributed by atoms with Gasteiger partial charge in [-0.05, 0) is 31.3 Å². The number of hydrogen-bond acceptors (Lipinski definition) is 2. The Hall–Kier alpha value is -1.20. The van der Waals surface area contributed by atoms with Crippen LogP contribution < -0.4 is 0 Å². The fourth-order valence-corrected chi connectivity index (χ4v) is 2.02. The molecule has 0 unspecified atom stereocenters. The van der Waals surface area contributed by atoms with E-state index < -0.39 is 5.82 Å². The molecule has 3 nitrogen and oxygen atoms in total. The number of H-pyrrole nitrogens is 1. The van der Waals surface area contributed by atoms with Crippen molar-refractivity contribution in [3.8, 4) is 11.4 Å². The highest BCUT2D eigenvalue weighted by molar-refractivity contribution is 7.71. The van der Waals surface area contributed by atoms with Gasteiger partial charge in [0.1, 0.15) is 5.82 Å². The highest BCUT2D eigenvalue weighted by atomic mass is 35.5. The van der Waals surface area contributed by atoms with Crippen LogP contribution >= 0.6 is 23.8 Å².